The molecule has 0 radical (unpaired) electrons. The second kappa shape index (κ2) is 5.90. The summed E-state index contributed by atoms with van der Waals surface area (Å²) >= 11 is 0. The number of hydrogen-bond acceptors (Lipinski definition) is 5. The van der Waals surface area contributed by atoms with Crippen LogP contribution in [-0.4, -0.2) is 27.6 Å². The minimum absolute atomic E-state index is 0.186. The quantitative estimate of drug-likeness (QED) is 0.602. The van der Waals surface area contributed by atoms with Crippen molar-refractivity contribution < 1.29 is 9.53 Å². The molecule has 1 aromatic heterocycles. The standard InChI is InChI=1S/C13H13N3O3/c1-2-3-8-19-12(17)9-16-13(18)10-6-4-5-7-11(10)14-15-16/h2-7H,8-9H2,1H3/b3-2+. The van der Waals surface area contributed by atoms with Crippen LogP contribution >= 0.6 is 0 Å². The fraction of sp³-hybridized carbons (Fsp3) is 0.231. The van der Waals surface area contributed by atoms with Gasteiger partial charge in [-0.15, -0.1) is 5.10 Å². The van der Waals surface area contributed by atoms with E-state index in [2.05, 4.69) is 10.3 Å². The topological polar surface area (TPSA) is 74.1 Å². The maximum absolute atomic E-state index is 12.0. The van der Waals surface area contributed by atoms with E-state index < -0.39 is 5.97 Å². The van der Waals surface area contributed by atoms with Crippen LogP contribution in [0.25, 0.3) is 10.9 Å². The lowest BCUT2D eigenvalue weighted by molar-refractivity contribution is -0.143. The number of aromatic nitrogens is 3. The number of rotatable bonds is 4. The highest BCUT2D eigenvalue weighted by Crippen LogP contribution is 2.03. The summed E-state index contributed by atoms with van der Waals surface area (Å²) < 4.78 is 5.90. The largest absolute Gasteiger partial charge is 0.460 e. The van der Waals surface area contributed by atoms with Crippen LogP contribution in [0.1, 0.15) is 6.92 Å². The lowest BCUT2D eigenvalue weighted by Gasteiger charge is -2.04. The van der Waals surface area contributed by atoms with Gasteiger partial charge in [0.15, 0.2) is 0 Å². The Hall–Kier alpha value is -2.50. The molecule has 0 atom stereocenters. The molecule has 19 heavy (non-hydrogen) atoms. The van der Waals surface area contributed by atoms with E-state index >= 15 is 0 Å². The molecule has 1 aromatic carbocycles. The summed E-state index contributed by atoms with van der Waals surface area (Å²) in [5.41, 5.74) is 0.152. The van der Waals surface area contributed by atoms with Crippen molar-refractivity contribution in [2.24, 2.45) is 0 Å². The van der Waals surface area contributed by atoms with E-state index in [9.17, 15) is 9.59 Å². The van der Waals surface area contributed by atoms with Gasteiger partial charge in [-0.25, -0.2) is 0 Å². The van der Waals surface area contributed by atoms with Crippen molar-refractivity contribution >= 4 is 16.9 Å². The average Bonchev–Trinajstić information content (AvgIpc) is 2.43. The van der Waals surface area contributed by atoms with E-state index in [1.807, 2.05) is 6.92 Å². The van der Waals surface area contributed by atoms with Crippen molar-refractivity contribution in [2.75, 3.05) is 6.61 Å². The Labute approximate surface area is 109 Å². The molecule has 0 unspecified atom stereocenters. The van der Waals surface area contributed by atoms with Gasteiger partial charge in [0.05, 0.1) is 5.39 Å². The first-order chi connectivity index (χ1) is 9.22. The number of ether oxygens (including phenoxy) is 1. The number of carbonyl (C=O) groups excluding carboxylic acids is 1. The Morgan fingerprint density at radius 1 is 1.42 bits per heavy atom. The normalized spacial score (nSPS) is 11.0. The molecule has 0 aliphatic carbocycles. The zero-order valence-corrected chi connectivity index (χ0v) is 10.4. The van der Waals surface area contributed by atoms with E-state index in [4.69, 9.17) is 4.74 Å². The molecule has 0 bridgehead atoms. The van der Waals surface area contributed by atoms with E-state index in [-0.39, 0.29) is 18.7 Å². The molecule has 1 heterocycles. The predicted molar refractivity (Wildman–Crippen MR) is 69.6 cm³/mol. The summed E-state index contributed by atoms with van der Waals surface area (Å²) in [5, 5.41) is 8.02. The molecule has 0 saturated heterocycles. The summed E-state index contributed by atoms with van der Waals surface area (Å²) in [6.45, 7) is 1.77. The van der Waals surface area contributed by atoms with Gasteiger partial charge >= 0.3 is 5.97 Å². The predicted octanol–water partition coefficient (Wildman–Crippen LogP) is 0.911. The smallest absolute Gasteiger partial charge is 0.328 e. The van der Waals surface area contributed by atoms with Crippen LogP contribution in [0.3, 0.4) is 0 Å². The fourth-order valence-electron chi connectivity index (χ4n) is 1.53. The highest BCUT2D eigenvalue weighted by molar-refractivity contribution is 5.77. The number of fused-ring (bicyclic) bond motifs is 1. The lowest BCUT2D eigenvalue weighted by atomic mass is 10.2. The monoisotopic (exact) mass is 259 g/mol. The Morgan fingerprint density at radius 2 is 2.21 bits per heavy atom. The first kappa shape index (κ1) is 12.9. The molecule has 0 saturated carbocycles. The van der Waals surface area contributed by atoms with E-state index in [0.29, 0.717) is 10.9 Å². The number of benzene rings is 1. The molecule has 0 N–H and O–H groups in total. The summed E-state index contributed by atoms with van der Waals surface area (Å²) in [6, 6.07) is 6.85. The second-order valence-electron chi connectivity index (χ2n) is 3.82. The summed E-state index contributed by atoms with van der Waals surface area (Å²) in [6.07, 6.45) is 3.47. The van der Waals surface area contributed by atoms with Gasteiger partial charge in [0.25, 0.3) is 5.56 Å². The van der Waals surface area contributed by atoms with Crippen LogP contribution in [0, 0.1) is 0 Å². The Bertz CT molecular complexity index is 676. The number of nitrogens with zero attached hydrogens (tertiary/aromatic N) is 3. The Kier molecular flexibility index (Phi) is 4.02. The van der Waals surface area contributed by atoms with Crippen LogP contribution in [0.4, 0.5) is 0 Å². The number of carbonyl (C=O) groups is 1. The molecule has 0 aliphatic heterocycles. The van der Waals surface area contributed by atoms with E-state index in [0.717, 1.165) is 4.68 Å². The first-order valence-corrected chi connectivity index (χ1v) is 5.81. The van der Waals surface area contributed by atoms with Crippen LogP contribution in [-0.2, 0) is 16.1 Å². The van der Waals surface area contributed by atoms with E-state index in [1.165, 1.54) is 0 Å². The molecule has 6 heteroatoms. The zero-order chi connectivity index (χ0) is 13.7. The van der Waals surface area contributed by atoms with Crippen molar-refractivity contribution in [3.05, 3.63) is 46.8 Å². The molecular formula is C13H13N3O3. The highest BCUT2D eigenvalue weighted by atomic mass is 16.5. The van der Waals surface area contributed by atoms with Crippen molar-refractivity contribution in [2.45, 2.75) is 13.5 Å². The van der Waals surface area contributed by atoms with Gasteiger partial charge in [0.2, 0.25) is 0 Å². The minimum Gasteiger partial charge on any atom is -0.460 e. The SMILES string of the molecule is C/C=C/COC(=O)Cn1nnc2ccccc2c1=O. The van der Waals surface area contributed by atoms with Gasteiger partial charge in [-0.3, -0.25) is 9.59 Å². The summed E-state index contributed by atoms with van der Waals surface area (Å²) in [5.74, 6) is -0.523. The van der Waals surface area contributed by atoms with Crippen LogP contribution in [0.15, 0.2) is 41.2 Å². The summed E-state index contributed by atoms with van der Waals surface area (Å²) in [7, 11) is 0. The van der Waals surface area contributed by atoms with Crippen molar-refractivity contribution in [3.8, 4) is 0 Å². The first-order valence-electron chi connectivity index (χ1n) is 5.81. The minimum atomic E-state index is -0.523. The van der Waals surface area contributed by atoms with Crippen molar-refractivity contribution in [1.82, 2.24) is 15.0 Å². The third-order valence-corrected chi connectivity index (χ3v) is 2.48. The molecule has 0 aliphatic rings. The maximum Gasteiger partial charge on any atom is 0.328 e. The molecular weight excluding hydrogens is 246 g/mol. The second-order valence-corrected chi connectivity index (χ2v) is 3.82. The molecule has 6 nitrogen and oxygen atoms in total. The zero-order valence-electron chi connectivity index (χ0n) is 10.4. The Balaban J connectivity index is 2.19. The van der Waals surface area contributed by atoms with Gasteiger partial charge in [0, 0.05) is 0 Å². The number of hydrogen-bond donors (Lipinski definition) is 0. The summed E-state index contributed by atoms with van der Waals surface area (Å²) in [4.78, 5) is 23.5. The molecule has 0 spiro atoms. The van der Waals surface area contributed by atoms with Crippen molar-refractivity contribution in [3.63, 3.8) is 0 Å². The highest BCUT2D eigenvalue weighted by Gasteiger charge is 2.09. The molecule has 98 valence electrons. The van der Waals surface area contributed by atoms with Crippen LogP contribution in [0.2, 0.25) is 0 Å². The van der Waals surface area contributed by atoms with Gasteiger partial charge in [-0.1, -0.05) is 29.5 Å². The molecule has 2 aromatic rings. The van der Waals surface area contributed by atoms with E-state index in [1.54, 1.807) is 36.4 Å². The van der Waals surface area contributed by atoms with Crippen LogP contribution < -0.4 is 5.56 Å². The third-order valence-electron chi connectivity index (χ3n) is 2.48. The number of esters is 1. The van der Waals surface area contributed by atoms with Gasteiger partial charge in [-0.05, 0) is 19.1 Å². The third kappa shape index (κ3) is 3.04. The molecule has 2 rings (SSSR count). The Morgan fingerprint density at radius 3 is 3.00 bits per heavy atom. The van der Waals surface area contributed by atoms with Crippen molar-refractivity contribution in [1.29, 1.82) is 0 Å². The molecule has 0 fully saturated rings. The molecule has 0 amide bonds. The lowest BCUT2D eigenvalue weighted by Crippen LogP contribution is -2.28. The van der Waals surface area contributed by atoms with Gasteiger partial charge in [-0.2, -0.15) is 4.68 Å². The van der Waals surface area contributed by atoms with Crippen LogP contribution in [0.5, 0.6) is 0 Å². The fourth-order valence-corrected chi connectivity index (χ4v) is 1.53. The van der Waals surface area contributed by atoms with Gasteiger partial charge < -0.3 is 4.74 Å². The maximum atomic E-state index is 12.0. The number of allylic oxidation sites excluding steroid dienone is 1. The average molecular weight is 259 g/mol. The van der Waals surface area contributed by atoms with Gasteiger partial charge in [0.1, 0.15) is 18.7 Å².